The molecule has 0 radical (unpaired) electrons. The standard InChI is InChI=1S/C34H56O5/c1-9-10-19-39-28(38)31(5)16-15-30(4)17-18-32(6)21(22(30)20-31)11-12-24-33(32,7)14-13-23-29(2,3)26(36)25(35)27(37)34(23,24)8/h11,22-27,35-37H,9-10,12-20H2,1-8H3/t22-,23-,24-,25+,26-,27-,30+,31-,32+,33+,34-/m0/s1. The van der Waals surface area contributed by atoms with E-state index >= 15 is 0 Å². The van der Waals surface area contributed by atoms with Crippen molar-refractivity contribution in [3.63, 3.8) is 0 Å². The first-order valence-electron chi connectivity index (χ1n) is 15.9. The van der Waals surface area contributed by atoms with Crippen molar-refractivity contribution < 1.29 is 24.9 Å². The molecule has 0 aromatic heterocycles. The summed E-state index contributed by atoms with van der Waals surface area (Å²) in [5, 5.41) is 33.7. The van der Waals surface area contributed by atoms with Crippen molar-refractivity contribution in [2.45, 2.75) is 138 Å². The van der Waals surface area contributed by atoms with Gasteiger partial charge in [0.05, 0.1) is 24.2 Å². The minimum absolute atomic E-state index is 0.0149. The zero-order valence-electron chi connectivity index (χ0n) is 26.0. The normalized spacial score (nSPS) is 52.4. The van der Waals surface area contributed by atoms with Crippen LogP contribution in [0, 0.1) is 50.2 Å². The molecule has 0 bridgehead atoms. The van der Waals surface area contributed by atoms with Crippen LogP contribution >= 0.6 is 0 Å². The van der Waals surface area contributed by atoms with Gasteiger partial charge in [0.1, 0.15) is 6.10 Å². The molecular weight excluding hydrogens is 488 g/mol. The molecule has 0 unspecified atom stereocenters. The lowest BCUT2D eigenvalue weighted by atomic mass is 9.33. The number of aliphatic hydroxyl groups is 3. The number of carbonyl (C=O) groups is 1. The molecule has 5 aliphatic carbocycles. The first kappa shape index (κ1) is 29.6. The van der Waals surface area contributed by atoms with Crippen molar-refractivity contribution in [3.8, 4) is 0 Å². The van der Waals surface area contributed by atoms with E-state index in [4.69, 9.17) is 4.74 Å². The highest BCUT2D eigenvalue weighted by molar-refractivity contribution is 5.76. The summed E-state index contributed by atoms with van der Waals surface area (Å²) < 4.78 is 5.80. The first-order valence-corrected chi connectivity index (χ1v) is 15.9. The van der Waals surface area contributed by atoms with Crippen LogP contribution in [-0.2, 0) is 9.53 Å². The van der Waals surface area contributed by atoms with Crippen LogP contribution in [0.3, 0.4) is 0 Å². The van der Waals surface area contributed by atoms with Gasteiger partial charge in [-0.2, -0.15) is 0 Å². The number of allylic oxidation sites excluding steroid dienone is 2. The van der Waals surface area contributed by atoms with Crippen molar-refractivity contribution in [2.75, 3.05) is 6.61 Å². The van der Waals surface area contributed by atoms with E-state index in [1.54, 1.807) is 5.57 Å². The van der Waals surface area contributed by atoms with Gasteiger partial charge >= 0.3 is 5.97 Å². The van der Waals surface area contributed by atoms with Crippen LogP contribution in [0.2, 0.25) is 0 Å². The second kappa shape index (κ2) is 9.30. The van der Waals surface area contributed by atoms with Gasteiger partial charge < -0.3 is 20.1 Å². The van der Waals surface area contributed by atoms with Gasteiger partial charge in [-0.3, -0.25) is 4.79 Å². The molecule has 5 heteroatoms. The fourth-order valence-electron chi connectivity index (χ4n) is 11.1. The monoisotopic (exact) mass is 544 g/mol. The highest BCUT2D eigenvalue weighted by atomic mass is 16.5. The van der Waals surface area contributed by atoms with E-state index in [2.05, 4.69) is 61.5 Å². The molecule has 5 nitrogen and oxygen atoms in total. The third kappa shape index (κ3) is 3.84. The number of fused-ring (bicyclic) bond motifs is 7. The number of unbranched alkanes of at least 4 members (excludes halogenated alkanes) is 1. The van der Waals surface area contributed by atoms with Crippen molar-refractivity contribution in [2.24, 2.45) is 50.2 Å². The molecule has 11 atom stereocenters. The van der Waals surface area contributed by atoms with Crippen LogP contribution < -0.4 is 0 Å². The van der Waals surface area contributed by atoms with Gasteiger partial charge in [0.25, 0.3) is 0 Å². The first-order chi connectivity index (χ1) is 18.0. The number of hydrogen-bond donors (Lipinski definition) is 3. The maximum Gasteiger partial charge on any atom is 0.311 e. The predicted molar refractivity (Wildman–Crippen MR) is 154 cm³/mol. The van der Waals surface area contributed by atoms with Crippen LogP contribution in [0.4, 0.5) is 0 Å². The Bertz CT molecular complexity index is 1020. The van der Waals surface area contributed by atoms with Gasteiger partial charge in [-0.25, -0.2) is 0 Å². The Morgan fingerprint density at radius 2 is 1.59 bits per heavy atom. The van der Waals surface area contributed by atoms with Crippen molar-refractivity contribution in [1.29, 1.82) is 0 Å². The number of aliphatic hydroxyl groups excluding tert-OH is 3. The quantitative estimate of drug-likeness (QED) is 0.216. The van der Waals surface area contributed by atoms with Gasteiger partial charge in [-0.1, -0.05) is 66.5 Å². The predicted octanol–water partition coefficient (Wildman–Crippen LogP) is 6.43. The minimum atomic E-state index is -1.13. The average molecular weight is 545 g/mol. The van der Waals surface area contributed by atoms with Gasteiger partial charge in [0.2, 0.25) is 0 Å². The van der Waals surface area contributed by atoms with Gasteiger partial charge in [0.15, 0.2) is 0 Å². The molecule has 5 rings (SSSR count). The fraction of sp³-hybridized carbons (Fsp3) is 0.912. The Morgan fingerprint density at radius 3 is 2.26 bits per heavy atom. The summed E-state index contributed by atoms with van der Waals surface area (Å²) in [7, 11) is 0. The number of rotatable bonds is 4. The molecule has 39 heavy (non-hydrogen) atoms. The minimum Gasteiger partial charge on any atom is -0.465 e. The molecule has 0 aromatic rings. The molecule has 5 aliphatic rings. The smallest absolute Gasteiger partial charge is 0.311 e. The largest absolute Gasteiger partial charge is 0.465 e. The van der Waals surface area contributed by atoms with E-state index in [1.807, 2.05) is 0 Å². The third-order valence-corrected chi connectivity index (χ3v) is 14.2. The van der Waals surface area contributed by atoms with Crippen LogP contribution in [0.5, 0.6) is 0 Å². The van der Waals surface area contributed by atoms with E-state index in [9.17, 15) is 20.1 Å². The van der Waals surface area contributed by atoms with E-state index in [0.29, 0.717) is 12.5 Å². The Labute approximate surface area is 237 Å². The molecule has 0 spiro atoms. The van der Waals surface area contributed by atoms with E-state index in [-0.39, 0.29) is 34.1 Å². The number of carbonyl (C=O) groups excluding carboxylic acids is 1. The molecule has 4 fully saturated rings. The number of hydrogen-bond acceptors (Lipinski definition) is 5. The summed E-state index contributed by atoms with van der Waals surface area (Å²) in [6.07, 6.45) is 9.44. The fourth-order valence-corrected chi connectivity index (χ4v) is 11.1. The Kier molecular flexibility index (Phi) is 7.05. The van der Waals surface area contributed by atoms with Crippen LogP contribution in [-0.4, -0.2) is 46.2 Å². The summed E-state index contributed by atoms with van der Waals surface area (Å²) in [6.45, 7) is 18.6. The zero-order valence-corrected chi connectivity index (χ0v) is 26.0. The van der Waals surface area contributed by atoms with Crippen molar-refractivity contribution in [1.82, 2.24) is 0 Å². The van der Waals surface area contributed by atoms with Gasteiger partial charge in [0, 0.05) is 5.41 Å². The van der Waals surface area contributed by atoms with Crippen LogP contribution in [0.25, 0.3) is 0 Å². The molecule has 0 heterocycles. The molecular formula is C34H56O5. The van der Waals surface area contributed by atoms with Crippen molar-refractivity contribution >= 4 is 5.97 Å². The van der Waals surface area contributed by atoms with E-state index in [1.165, 1.54) is 0 Å². The maximum absolute atomic E-state index is 13.3. The topological polar surface area (TPSA) is 87.0 Å². The number of esters is 1. The second-order valence-corrected chi connectivity index (χ2v) is 16.3. The Hall–Kier alpha value is -0.910. The molecule has 222 valence electrons. The summed E-state index contributed by atoms with van der Waals surface area (Å²) in [5.74, 6) is 0.697. The van der Waals surface area contributed by atoms with Crippen LogP contribution in [0.1, 0.15) is 120 Å². The Morgan fingerprint density at radius 1 is 0.923 bits per heavy atom. The lowest BCUT2D eigenvalue weighted by Gasteiger charge is -2.72. The molecule has 4 saturated carbocycles. The summed E-state index contributed by atoms with van der Waals surface area (Å²) in [5.41, 5.74) is 0.309. The average Bonchev–Trinajstić information content (AvgIpc) is 2.88. The summed E-state index contributed by atoms with van der Waals surface area (Å²) >= 11 is 0. The highest BCUT2D eigenvalue weighted by Gasteiger charge is 2.71. The van der Waals surface area contributed by atoms with Crippen molar-refractivity contribution in [3.05, 3.63) is 11.6 Å². The maximum atomic E-state index is 13.3. The molecule has 0 saturated heterocycles. The molecule has 0 aromatic carbocycles. The summed E-state index contributed by atoms with van der Waals surface area (Å²) in [4.78, 5) is 13.3. The van der Waals surface area contributed by atoms with E-state index in [0.717, 1.165) is 64.2 Å². The molecule has 3 N–H and O–H groups in total. The number of ether oxygens (including phenoxy) is 1. The van der Waals surface area contributed by atoms with E-state index < -0.39 is 34.6 Å². The lowest BCUT2D eigenvalue weighted by Crippen LogP contribution is -2.71. The SMILES string of the molecule is CCCCOC(=O)[C@@]1(C)CC[C@]2(C)CC[C@]3(C)C(=CC[C@@H]4[C@@]5(C)[C@@H](O)[C@H](O)[C@H](O)C(C)(C)[C@@H]5CC[C@]43C)[C@@H]2C1. The lowest BCUT2D eigenvalue weighted by molar-refractivity contribution is -0.278. The van der Waals surface area contributed by atoms with Gasteiger partial charge in [-0.15, -0.1) is 0 Å². The van der Waals surface area contributed by atoms with Crippen LogP contribution in [0.15, 0.2) is 11.6 Å². The Balaban J connectivity index is 1.52. The molecule has 0 aliphatic heterocycles. The molecule has 0 amide bonds. The third-order valence-electron chi connectivity index (χ3n) is 14.2. The summed E-state index contributed by atoms with van der Waals surface area (Å²) in [6, 6.07) is 0. The highest BCUT2D eigenvalue weighted by Crippen LogP contribution is 2.75. The second-order valence-electron chi connectivity index (χ2n) is 16.3. The zero-order chi connectivity index (χ0) is 28.8. The van der Waals surface area contributed by atoms with Gasteiger partial charge in [-0.05, 0) is 104 Å².